The third kappa shape index (κ3) is 4.25. The molecule has 178 valence electrons. The first-order valence-electron chi connectivity index (χ1n) is 11.7. The van der Waals surface area contributed by atoms with Gasteiger partial charge in [0.25, 0.3) is 0 Å². The van der Waals surface area contributed by atoms with Crippen LogP contribution in [0.25, 0.3) is 22.2 Å². The summed E-state index contributed by atoms with van der Waals surface area (Å²) in [6.07, 6.45) is 0.958. The zero-order valence-electron chi connectivity index (χ0n) is 19.4. The van der Waals surface area contributed by atoms with E-state index in [-0.39, 0.29) is 17.6 Å². The van der Waals surface area contributed by atoms with Gasteiger partial charge in [0.1, 0.15) is 12.4 Å². The van der Waals surface area contributed by atoms with Crippen LogP contribution in [0.15, 0.2) is 42.5 Å². The number of rotatable bonds is 7. The molecule has 2 aliphatic rings. The highest BCUT2D eigenvalue weighted by Gasteiger charge is 2.40. The molecule has 2 atom stereocenters. The number of aromatic nitrogens is 1. The zero-order chi connectivity index (χ0) is 23.7. The molecule has 5 rings (SSSR count). The number of nitrogens with one attached hydrogen (secondary N) is 2. The van der Waals surface area contributed by atoms with Crippen LogP contribution < -0.4 is 25.0 Å². The molecule has 1 aromatic heterocycles. The highest BCUT2D eigenvalue weighted by atomic mass is 19.1. The van der Waals surface area contributed by atoms with Crippen molar-refractivity contribution in [3.8, 4) is 22.8 Å². The van der Waals surface area contributed by atoms with Crippen molar-refractivity contribution < 1.29 is 18.7 Å². The molecule has 8 heteroatoms. The Hall–Kier alpha value is -3.39. The summed E-state index contributed by atoms with van der Waals surface area (Å²) in [4.78, 5) is 19.5. The average molecular weight is 465 g/mol. The van der Waals surface area contributed by atoms with Gasteiger partial charge in [0.15, 0.2) is 11.6 Å². The maximum atomic E-state index is 14.7. The van der Waals surface area contributed by atoms with E-state index in [4.69, 9.17) is 14.5 Å². The standard InChI is InChI=1S/C26H29FN4O3/c1-28-9-10-34-18-5-3-16(4-6-18)22-12-24(19-11-21(27)25(33-2)13-23(19)30-22)31-14-17-7-8-29-26(32)20(17)15-31/h3-6,11-13,17,20,28H,7-10,14-15H2,1-2H3,(H,29,32)/t17-,20+/m1/s1. The van der Waals surface area contributed by atoms with Crippen LogP contribution in [0.4, 0.5) is 10.1 Å². The van der Waals surface area contributed by atoms with Crippen LogP contribution in [-0.4, -0.2) is 57.8 Å². The molecule has 7 nitrogen and oxygen atoms in total. The molecule has 1 amide bonds. The molecule has 3 heterocycles. The van der Waals surface area contributed by atoms with Crippen LogP contribution in [0.3, 0.4) is 0 Å². The van der Waals surface area contributed by atoms with Crippen LogP contribution in [0.1, 0.15) is 6.42 Å². The van der Waals surface area contributed by atoms with E-state index in [1.807, 2.05) is 37.4 Å². The number of hydrogen-bond acceptors (Lipinski definition) is 6. The summed E-state index contributed by atoms with van der Waals surface area (Å²) in [5, 5.41) is 6.75. The lowest BCUT2D eigenvalue weighted by Gasteiger charge is -2.23. The molecule has 0 radical (unpaired) electrons. The Labute approximate surface area is 198 Å². The van der Waals surface area contributed by atoms with Crippen LogP contribution >= 0.6 is 0 Å². The number of benzene rings is 2. The molecule has 2 aliphatic heterocycles. The predicted molar refractivity (Wildman–Crippen MR) is 130 cm³/mol. The molecule has 2 aromatic carbocycles. The minimum atomic E-state index is -0.428. The highest BCUT2D eigenvalue weighted by molar-refractivity contribution is 5.96. The van der Waals surface area contributed by atoms with Crippen molar-refractivity contribution in [3.63, 3.8) is 0 Å². The number of piperidine rings is 1. The van der Waals surface area contributed by atoms with Gasteiger partial charge in [-0.05, 0) is 55.8 Å². The summed E-state index contributed by atoms with van der Waals surface area (Å²) in [5.74, 6) is 0.890. The largest absolute Gasteiger partial charge is 0.494 e. The predicted octanol–water partition coefficient (Wildman–Crippen LogP) is 3.22. The number of methoxy groups -OCH3 is 1. The van der Waals surface area contributed by atoms with Crippen molar-refractivity contribution >= 4 is 22.5 Å². The van der Waals surface area contributed by atoms with Gasteiger partial charge in [-0.2, -0.15) is 0 Å². The molecule has 3 aromatic rings. The van der Waals surface area contributed by atoms with E-state index in [0.29, 0.717) is 36.5 Å². The average Bonchev–Trinajstić information content (AvgIpc) is 3.29. The zero-order valence-corrected chi connectivity index (χ0v) is 19.4. The highest BCUT2D eigenvalue weighted by Crippen LogP contribution is 2.39. The van der Waals surface area contributed by atoms with E-state index >= 15 is 0 Å². The number of carbonyl (C=O) groups excluding carboxylic acids is 1. The second-order valence-electron chi connectivity index (χ2n) is 8.86. The van der Waals surface area contributed by atoms with E-state index in [9.17, 15) is 9.18 Å². The SMILES string of the molecule is CNCCOc1ccc(-c2cc(N3C[C@H]4CCNC(=O)[C@H]4C3)c3cc(F)c(OC)cc3n2)cc1. The van der Waals surface area contributed by atoms with Gasteiger partial charge in [-0.3, -0.25) is 4.79 Å². The molecule has 2 saturated heterocycles. The molecule has 34 heavy (non-hydrogen) atoms. The van der Waals surface area contributed by atoms with Gasteiger partial charge in [-0.25, -0.2) is 9.37 Å². The van der Waals surface area contributed by atoms with Crippen LogP contribution in [-0.2, 0) is 4.79 Å². The maximum absolute atomic E-state index is 14.7. The number of carbonyl (C=O) groups is 1. The minimum Gasteiger partial charge on any atom is -0.494 e. The maximum Gasteiger partial charge on any atom is 0.225 e. The van der Waals surface area contributed by atoms with Crippen molar-refractivity contribution in [1.29, 1.82) is 0 Å². The first kappa shape index (κ1) is 22.4. The number of ether oxygens (including phenoxy) is 2. The Morgan fingerprint density at radius 3 is 2.76 bits per heavy atom. The molecule has 2 N–H and O–H groups in total. The van der Waals surface area contributed by atoms with Gasteiger partial charge >= 0.3 is 0 Å². The third-order valence-corrected chi connectivity index (χ3v) is 6.76. The van der Waals surface area contributed by atoms with Crippen LogP contribution in [0.5, 0.6) is 11.5 Å². The molecular weight excluding hydrogens is 435 g/mol. The van der Waals surface area contributed by atoms with Crippen molar-refractivity contribution in [2.24, 2.45) is 11.8 Å². The molecule has 0 unspecified atom stereocenters. The molecule has 2 fully saturated rings. The van der Waals surface area contributed by atoms with Gasteiger partial charge in [-0.1, -0.05) is 0 Å². The number of halogens is 1. The number of amides is 1. The summed E-state index contributed by atoms with van der Waals surface area (Å²) >= 11 is 0. The number of pyridine rings is 1. The first-order chi connectivity index (χ1) is 16.6. The summed E-state index contributed by atoms with van der Waals surface area (Å²) < 4.78 is 25.6. The van der Waals surface area contributed by atoms with E-state index in [2.05, 4.69) is 15.5 Å². The lowest BCUT2D eigenvalue weighted by Crippen LogP contribution is -2.41. The fourth-order valence-electron chi connectivity index (χ4n) is 4.94. The summed E-state index contributed by atoms with van der Waals surface area (Å²) in [5.41, 5.74) is 3.25. The van der Waals surface area contributed by atoms with Crippen molar-refractivity contribution in [2.75, 3.05) is 51.8 Å². The lowest BCUT2D eigenvalue weighted by molar-refractivity contribution is -0.127. The van der Waals surface area contributed by atoms with Crippen molar-refractivity contribution in [1.82, 2.24) is 15.6 Å². The fraction of sp³-hybridized carbons (Fsp3) is 0.385. The van der Waals surface area contributed by atoms with E-state index in [0.717, 1.165) is 42.2 Å². The monoisotopic (exact) mass is 464 g/mol. The van der Waals surface area contributed by atoms with E-state index in [1.165, 1.54) is 13.2 Å². The first-order valence-corrected chi connectivity index (χ1v) is 11.7. The van der Waals surface area contributed by atoms with E-state index in [1.54, 1.807) is 6.07 Å². The minimum absolute atomic E-state index is 0.0439. The summed E-state index contributed by atoms with van der Waals surface area (Å²) in [6.45, 7) is 3.45. The van der Waals surface area contributed by atoms with Crippen LogP contribution in [0, 0.1) is 17.7 Å². The number of anilines is 1. The summed E-state index contributed by atoms with van der Waals surface area (Å²) in [6, 6.07) is 12.9. The topological polar surface area (TPSA) is 75.7 Å². The van der Waals surface area contributed by atoms with Crippen molar-refractivity contribution in [3.05, 3.63) is 48.3 Å². The number of fused-ring (bicyclic) bond motifs is 2. The number of nitrogens with zero attached hydrogens (tertiary/aromatic N) is 2. The van der Waals surface area contributed by atoms with Gasteiger partial charge in [0, 0.05) is 48.9 Å². The van der Waals surface area contributed by atoms with E-state index < -0.39 is 5.82 Å². The van der Waals surface area contributed by atoms with Gasteiger partial charge in [0.2, 0.25) is 5.91 Å². The van der Waals surface area contributed by atoms with Gasteiger partial charge in [-0.15, -0.1) is 0 Å². The molecule has 0 bridgehead atoms. The quantitative estimate of drug-likeness (QED) is 0.523. The molecule has 0 spiro atoms. The van der Waals surface area contributed by atoms with Gasteiger partial charge < -0.3 is 25.0 Å². The third-order valence-electron chi connectivity index (χ3n) is 6.76. The Morgan fingerprint density at radius 1 is 1.21 bits per heavy atom. The van der Waals surface area contributed by atoms with Crippen molar-refractivity contribution in [2.45, 2.75) is 6.42 Å². The number of hydrogen-bond donors (Lipinski definition) is 2. The van der Waals surface area contributed by atoms with Gasteiger partial charge in [0.05, 0.1) is 24.2 Å². The smallest absolute Gasteiger partial charge is 0.225 e. The second-order valence-corrected chi connectivity index (χ2v) is 8.86. The Bertz CT molecular complexity index is 1200. The Morgan fingerprint density at radius 2 is 2.03 bits per heavy atom. The molecule has 0 saturated carbocycles. The molecule has 0 aliphatic carbocycles. The Balaban J connectivity index is 1.54. The molecular formula is C26H29FN4O3. The second kappa shape index (κ2) is 9.46. The van der Waals surface area contributed by atoms with Crippen LogP contribution in [0.2, 0.25) is 0 Å². The Kier molecular flexibility index (Phi) is 6.24. The summed E-state index contributed by atoms with van der Waals surface area (Å²) in [7, 11) is 3.34. The fourth-order valence-corrected chi connectivity index (χ4v) is 4.94. The normalized spacial score (nSPS) is 19.7. The number of likely N-dealkylation sites (N-methyl/N-ethyl adjacent to an activating group) is 1. The lowest BCUT2D eigenvalue weighted by atomic mass is 9.89.